The Hall–Kier alpha value is -0.830. The number of anilines is 1. The molecule has 1 heterocycles. The first kappa shape index (κ1) is 12.6. The summed E-state index contributed by atoms with van der Waals surface area (Å²) < 4.78 is 0. The van der Waals surface area contributed by atoms with E-state index in [1.165, 1.54) is 25.7 Å². The zero-order valence-corrected chi connectivity index (χ0v) is 11.1. The van der Waals surface area contributed by atoms with E-state index in [9.17, 15) is 0 Å². The minimum atomic E-state index is 0.537. The van der Waals surface area contributed by atoms with Gasteiger partial charge in [0.25, 0.3) is 0 Å². The van der Waals surface area contributed by atoms with Crippen molar-refractivity contribution in [2.75, 3.05) is 11.9 Å². The van der Waals surface area contributed by atoms with Crippen LogP contribution in [0.25, 0.3) is 0 Å². The van der Waals surface area contributed by atoms with Crippen LogP contribution in [0.5, 0.6) is 0 Å². The highest BCUT2D eigenvalue weighted by Crippen LogP contribution is 2.29. The van der Waals surface area contributed by atoms with Crippen LogP contribution >= 0.6 is 11.6 Å². The summed E-state index contributed by atoms with van der Waals surface area (Å²) in [6.45, 7) is 3.11. The van der Waals surface area contributed by atoms with E-state index in [1.807, 2.05) is 6.07 Å². The summed E-state index contributed by atoms with van der Waals surface area (Å²) in [5.41, 5.74) is 0. The van der Waals surface area contributed by atoms with Crippen LogP contribution in [0.3, 0.4) is 0 Å². The minimum Gasteiger partial charge on any atom is -0.370 e. The Balaban J connectivity index is 1.85. The first-order chi connectivity index (χ1) is 8.28. The minimum absolute atomic E-state index is 0.537. The molecule has 1 aromatic heterocycles. The van der Waals surface area contributed by atoms with Crippen molar-refractivity contribution in [3.05, 3.63) is 17.0 Å². The van der Waals surface area contributed by atoms with Crippen molar-refractivity contribution in [3.8, 4) is 0 Å². The van der Waals surface area contributed by atoms with Crippen molar-refractivity contribution in [2.45, 2.75) is 45.4 Å². The lowest BCUT2D eigenvalue weighted by atomic mass is 9.83. The first-order valence-electron chi connectivity index (χ1n) is 6.55. The number of nitrogens with one attached hydrogen (secondary N) is 1. The number of hydrogen-bond acceptors (Lipinski definition) is 3. The monoisotopic (exact) mass is 253 g/mol. The van der Waals surface area contributed by atoms with Crippen LogP contribution in [0.4, 0.5) is 5.82 Å². The molecule has 3 nitrogen and oxygen atoms in total. The zero-order chi connectivity index (χ0) is 12.1. The molecule has 0 unspecified atom stereocenters. The summed E-state index contributed by atoms with van der Waals surface area (Å²) in [5.74, 6) is 2.63. The van der Waals surface area contributed by atoms with Crippen molar-refractivity contribution in [3.63, 3.8) is 0 Å². The van der Waals surface area contributed by atoms with E-state index < -0.39 is 0 Å². The van der Waals surface area contributed by atoms with E-state index in [4.69, 9.17) is 11.6 Å². The van der Waals surface area contributed by atoms with Gasteiger partial charge in [-0.3, -0.25) is 0 Å². The number of nitrogens with zero attached hydrogens (tertiary/aromatic N) is 2. The molecule has 0 radical (unpaired) electrons. The fraction of sp³-hybridized carbons (Fsp3) is 0.692. The van der Waals surface area contributed by atoms with Crippen molar-refractivity contribution in [1.29, 1.82) is 0 Å². The van der Waals surface area contributed by atoms with Gasteiger partial charge in [0.2, 0.25) is 0 Å². The highest BCUT2D eigenvalue weighted by molar-refractivity contribution is 6.29. The van der Waals surface area contributed by atoms with E-state index in [0.29, 0.717) is 5.15 Å². The van der Waals surface area contributed by atoms with E-state index in [1.54, 1.807) is 0 Å². The van der Waals surface area contributed by atoms with E-state index >= 15 is 0 Å². The van der Waals surface area contributed by atoms with Gasteiger partial charge in [-0.2, -0.15) is 0 Å². The van der Waals surface area contributed by atoms with Crippen LogP contribution in [0.2, 0.25) is 5.15 Å². The number of rotatable bonds is 6. The zero-order valence-electron chi connectivity index (χ0n) is 10.4. The molecule has 17 heavy (non-hydrogen) atoms. The van der Waals surface area contributed by atoms with Gasteiger partial charge >= 0.3 is 0 Å². The molecule has 1 aromatic rings. The third kappa shape index (κ3) is 3.84. The SMILES string of the molecule is CCCc1nc(Cl)cc(NCCC2CCC2)n1. The third-order valence-corrected chi connectivity index (χ3v) is 3.49. The maximum absolute atomic E-state index is 5.97. The summed E-state index contributed by atoms with van der Waals surface area (Å²) in [4.78, 5) is 8.67. The molecule has 1 aliphatic rings. The molecule has 2 rings (SSSR count). The molecule has 1 aliphatic carbocycles. The fourth-order valence-corrected chi connectivity index (χ4v) is 2.28. The van der Waals surface area contributed by atoms with E-state index in [0.717, 1.165) is 36.9 Å². The Morgan fingerprint density at radius 2 is 2.24 bits per heavy atom. The lowest BCUT2D eigenvalue weighted by molar-refractivity contribution is 0.303. The van der Waals surface area contributed by atoms with Crippen LogP contribution in [0, 0.1) is 5.92 Å². The number of halogens is 1. The average Bonchev–Trinajstić information content (AvgIpc) is 2.21. The molecule has 1 saturated carbocycles. The molecule has 0 saturated heterocycles. The lowest BCUT2D eigenvalue weighted by Gasteiger charge is -2.25. The Bertz CT molecular complexity index is 364. The maximum atomic E-state index is 5.97. The molecular formula is C13H20ClN3. The van der Waals surface area contributed by atoms with Gasteiger partial charge in [-0.15, -0.1) is 0 Å². The Labute approximate surface area is 108 Å². The van der Waals surface area contributed by atoms with Crippen LogP contribution in [0.1, 0.15) is 44.9 Å². The van der Waals surface area contributed by atoms with Crippen molar-refractivity contribution < 1.29 is 0 Å². The average molecular weight is 254 g/mol. The second-order valence-electron chi connectivity index (χ2n) is 4.75. The molecular weight excluding hydrogens is 234 g/mol. The van der Waals surface area contributed by atoms with Crippen molar-refractivity contribution >= 4 is 17.4 Å². The number of hydrogen-bond donors (Lipinski definition) is 1. The molecule has 0 amide bonds. The quantitative estimate of drug-likeness (QED) is 0.786. The largest absolute Gasteiger partial charge is 0.370 e. The molecule has 0 atom stereocenters. The van der Waals surface area contributed by atoms with Gasteiger partial charge in [0.05, 0.1) is 0 Å². The Kier molecular flexibility index (Phi) is 4.60. The molecule has 4 heteroatoms. The summed E-state index contributed by atoms with van der Waals surface area (Å²) in [6, 6.07) is 1.81. The van der Waals surface area contributed by atoms with Crippen LogP contribution < -0.4 is 5.32 Å². The van der Waals surface area contributed by atoms with Gasteiger partial charge in [-0.25, -0.2) is 9.97 Å². The van der Waals surface area contributed by atoms with Crippen molar-refractivity contribution in [2.24, 2.45) is 5.92 Å². The van der Waals surface area contributed by atoms with Gasteiger partial charge in [0.1, 0.15) is 16.8 Å². The van der Waals surface area contributed by atoms with Gasteiger partial charge in [-0.05, 0) is 18.8 Å². The second-order valence-corrected chi connectivity index (χ2v) is 5.14. The number of aromatic nitrogens is 2. The normalized spacial score (nSPS) is 15.6. The Morgan fingerprint density at radius 3 is 2.88 bits per heavy atom. The lowest BCUT2D eigenvalue weighted by Crippen LogP contribution is -2.16. The molecule has 0 bridgehead atoms. The highest BCUT2D eigenvalue weighted by atomic mass is 35.5. The van der Waals surface area contributed by atoms with Crippen LogP contribution in [-0.4, -0.2) is 16.5 Å². The second kappa shape index (κ2) is 6.20. The van der Waals surface area contributed by atoms with Crippen LogP contribution in [0.15, 0.2) is 6.07 Å². The summed E-state index contributed by atoms with van der Waals surface area (Å²) >= 11 is 5.97. The molecule has 0 aliphatic heterocycles. The van der Waals surface area contributed by atoms with E-state index in [2.05, 4.69) is 22.2 Å². The first-order valence-corrected chi connectivity index (χ1v) is 6.93. The third-order valence-electron chi connectivity index (χ3n) is 3.30. The van der Waals surface area contributed by atoms with E-state index in [-0.39, 0.29) is 0 Å². The Morgan fingerprint density at radius 1 is 1.41 bits per heavy atom. The highest BCUT2D eigenvalue weighted by Gasteiger charge is 2.16. The topological polar surface area (TPSA) is 37.8 Å². The van der Waals surface area contributed by atoms with Gasteiger partial charge in [0.15, 0.2) is 0 Å². The molecule has 94 valence electrons. The molecule has 1 fully saturated rings. The summed E-state index contributed by atoms with van der Waals surface area (Å²) in [6.07, 6.45) is 7.37. The predicted molar refractivity (Wildman–Crippen MR) is 71.5 cm³/mol. The van der Waals surface area contributed by atoms with Gasteiger partial charge < -0.3 is 5.32 Å². The molecule has 0 spiro atoms. The fourth-order valence-electron chi connectivity index (χ4n) is 2.08. The maximum Gasteiger partial charge on any atom is 0.134 e. The molecule has 0 aromatic carbocycles. The standard InChI is InChI=1S/C13H20ClN3/c1-2-4-12-16-11(14)9-13(17-12)15-8-7-10-5-3-6-10/h9-10H,2-8H2,1H3,(H,15,16,17). The van der Waals surface area contributed by atoms with Gasteiger partial charge in [-0.1, -0.05) is 37.8 Å². The predicted octanol–water partition coefficient (Wildman–Crippen LogP) is 3.68. The summed E-state index contributed by atoms with van der Waals surface area (Å²) in [5, 5.41) is 3.88. The summed E-state index contributed by atoms with van der Waals surface area (Å²) in [7, 11) is 0. The van der Waals surface area contributed by atoms with Crippen molar-refractivity contribution in [1.82, 2.24) is 9.97 Å². The number of aryl methyl sites for hydroxylation is 1. The van der Waals surface area contributed by atoms with Gasteiger partial charge in [0, 0.05) is 19.0 Å². The molecule has 1 N–H and O–H groups in total. The van der Waals surface area contributed by atoms with Crippen LogP contribution in [-0.2, 0) is 6.42 Å². The smallest absolute Gasteiger partial charge is 0.134 e.